The molecule has 1 amide bonds. The normalized spacial score (nSPS) is 20.1. The van der Waals surface area contributed by atoms with Gasteiger partial charge in [-0.15, -0.1) is 0 Å². The summed E-state index contributed by atoms with van der Waals surface area (Å²) in [6.45, 7) is 6.19. The number of likely N-dealkylation sites (tertiary alicyclic amines) is 1. The van der Waals surface area contributed by atoms with Crippen molar-refractivity contribution in [3.05, 3.63) is 57.0 Å². The smallest absolute Gasteiger partial charge is 0.225 e. The summed E-state index contributed by atoms with van der Waals surface area (Å²) in [7, 11) is 1.74. The second kappa shape index (κ2) is 12.1. The van der Waals surface area contributed by atoms with Crippen molar-refractivity contribution in [2.24, 2.45) is 11.8 Å². The van der Waals surface area contributed by atoms with Crippen molar-refractivity contribution in [1.82, 2.24) is 4.90 Å². The zero-order chi connectivity index (χ0) is 24.9. The van der Waals surface area contributed by atoms with Crippen LogP contribution < -0.4 is 10.2 Å². The maximum absolute atomic E-state index is 13.2. The van der Waals surface area contributed by atoms with Crippen molar-refractivity contribution in [2.75, 3.05) is 50.1 Å². The van der Waals surface area contributed by atoms with Gasteiger partial charge in [-0.25, -0.2) is 0 Å². The Balaban J connectivity index is 1.37. The fourth-order valence-electron chi connectivity index (χ4n) is 5.26. The molecule has 1 N–H and O–H groups in total. The molecule has 0 spiro atoms. The van der Waals surface area contributed by atoms with E-state index < -0.39 is 0 Å². The molecule has 2 aromatic rings. The van der Waals surface area contributed by atoms with Gasteiger partial charge < -0.3 is 19.9 Å². The van der Waals surface area contributed by atoms with E-state index in [0.717, 1.165) is 75.4 Å². The van der Waals surface area contributed by atoms with E-state index in [-0.39, 0.29) is 12.0 Å². The average molecular weight is 539 g/mol. The van der Waals surface area contributed by atoms with Gasteiger partial charge in [-0.3, -0.25) is 4.79 Å². The van der Waals surface area contributed by atoms with Crippen LogP contribution in [0.4, 0.5) is 11.4 Å². The van der Waals surface area contributed by atoms with Gasteiger partial charge in [0.25, 0.3) is 0 Å². The van der Waals surface area contributed by atoms with E-state index in [4.69, 9.17) is 39.5 Å². The van der Waals surface area contributed by atoms with Crippen LogP contribution in [-0.4, -0.2) is 50.7 Å². The summed E-state index contributed by atoms with van der Waals surface area (Å²) >= 11 is 19.0. The molecule has 2 aromatic carbocycles. The molecule has 35 heavy (non-hydrogen) atoms. The van der Waals surface area contributed by atoms with Gasteiger partial charge in [0, 0.05) is 54.9 Å². The van der Waals surface area contributed by atoms with Crippen LogP contribution >= 0.6 is 34.8 Å². The van der Waals surface area contributed by atoms with E-state index >= 15 is 0 Å². The molecule has 2 atom stereocenters. The number of hydrogen-bond acceptors (Lipinski definition) is 4. The lowest BCUT2D eigenvalue weighted by Gasteiger charge is -2.38. The highest BCUT2D eigenvalue weighted by Crippen LogP contribution is 2.34. The monoisotopic (exact) mass is 537 g/mol. The maximum atomic E-state index is 13.2. The zero-order valence-corrected chi connectivity index (χ0v) is 22.7. The van der Waals surface area contributed by atoms with Crippen LogP contribution in [0.5, 0.6) is 0 Å². The number of halogens is 3. The summed E-state index contributed by atoms with van der Waals surface area (Å²) in [5.74, 6) is 0.880. The second-order valence-corrected chi connectivity index (χ2v) is 11.0. The van der Waals surface area contributed by atoms with E-state index in [0.29, 0.717) is 26.9 Å². The van der Waals surface area contributed by atoms with Crippen LogP contribution in [-0.2, 0) is 9.53 Å². The molecule has 8 heteroatoms. The van der Waals surface area contributed by atoms with Crippen molar-refractivity contribution < 1.29 is 9.53 Å². The molecular formula is C27H34Cl3N3O2. The summed E-state index contributed by atoms with van der Waals surface area (Å²) in [5.41, 5.74) is 2.93. The molecule has 2 aliphatic heterocycles. The first-order valence-electron chi connectivity index (χ1n) is 12.4. The lowest BCUT2D eigenvalue weighted by Crippen LogP contribution is -2.46. The minimum Gasteiger partial charge on any atom is -0.384 e. The maximum Gasteiger partial charge on any atom is 0.225 e. The van der Waals surface area contributed by atoms with Gasteiger partial charge in [-0.05, 0) is 74.4 Å². The summed E-state index contributed by atoms with van der Waals surface area (Å²) in [5, 5.41) is 5.39. The number of nitrogens with zero attached hydrogens (tertiary/aromatic N) is 2. The Bertz CT molecular complexity index is 1020. The van der Waals surface area contributed by atoms with Gasteiger partial charge >= 0.3 is 0 Å². The number of ether oxygens (including phenoxy) is 1. The third-order valence-electron chi connectivity index (χ3n) is 7.19. The summed E-state index contributed by atoms with van der Waals surface area (Å²) in [4.78, 5) is 17.6. The van der Waals surface area contributed by atoms with Gasteiger partial charge in [0.15, 0.2) is 0 Å². The van der Waals surface area contributed by atoms with Crippen molar-refractivity contribution in [2.45, 2.75) is 38.6 Å². The third kappa shape index (κ3) is 6.56. The fraction of sp³-hybridized carbons (Fsp3) is 0.519. The van der Waals surface area contributed by atoms with Crippen molar-refractivity contribution in [3.63, 3.8) is 0 Å². The molecule has 2 heterocycles. The van der Waals surface area contributed by atoms with E-state index in [2.05, 4.69) is 27.2 Å². The quantitative estimate of drug-likeness (QED) is 0.415. The number of benzene rings is 2. The number of carbonyl (C=O) groups is 1. The van der Waals surface area contributed by atoms with Gasteiger partial charge in [0.2, 0.25) is 5.91 Å². The number of hydrogen-bond donors (Lipinski definition) is 1. The van der Waals surface area contributed by atoms with E-state index in [1.165, 1.54) is 0 Å². The van der Waals surface area contributed by atoms with E-state index in [1.807, 2.05) is 25.1 Å². The second-order valence-electron chi connectivity index (χ2n) is 9.71. The molecule has 2 fully saturated rings. The molecule has 0 aliphatic carbocycles. The van der Waals surface area contributed by atoms with Crippen LogP contribution in [0.15, 0.2) is 36.4 Å². The third-order valence-corrected chi connectivity index (χ3v) is 8.09. The number of rotatable bonds is 7. The Morgan fingerprint density at radius 2 is 1.83 bits per heavy atom. The molecule has 190 valence electrons. The SMILES string of the molecule is COCC1CCCN(C(=O)C2CCN(c3ccc(Cl)c(N[C@H](C)c4ccc(Cl)cc4Cl)c3)CC2)C1. The van der Waals surface area contributed by atoms with Gasteiger partial charge in [-0.2, -0.15) is 0 Å². The number of amides is 1. The largest absolute Gasteiger partial charge is 0.384 e. The predicted molar refractivity (Wildman–Crippen MR) is 146 cm³/mol. The topological polar surface area (TPSA) is 44.8 Å². The van der Waals surface area contributed by atoms with E-state index in [9.17, 15) is 4.79 Å². The molecular weight excluding hydrogens is 505 g/mol. The van der Waals surface area contributed by atoms with Gasteiger partial charge in [0.1, 0.15) is 0 Å². The molecule has 0 bridgehead atoms. The number of anilines is 2. The minimum absolute atomic E-state index is 0.0395. The lowest BCUT2D eigenvalue weighted by atomic mass is 9.92. The van der Waals surface area contributed by atoms with Crippen molar-refractivity contribution in [1.29, 1.82) is 0 Å². The van der Waals surface area contributed by atoms with Crippen molar-refractivity contribution >= 4 is 52.1 Å². The van der Waals surface area contributed by atoms with Gasteiger partial charge in [0.05, 0.1) is 23.4 Å². The number of piperidine rings is 2. The van der Waals surface area contributed by atoms with Crippen LogP contribution in [0.1, 0.15) is 44.2 Å². The van der Waals surface area contributed by atoms with Crippen molar-refractivity contribution in [3.8, 4) is 0 Å². The highest BCUT2D eigenvalue weighted by Gasteiger charge is 2.31. The molecule has 0 saturated carbocycles. The Morgan fingerprint density at radius 1 is 1.06 bits per heavy atom. The van der Waals surface area contributed by atoms with Crippen LogP contribution in [0.25, 0.3) is 0 Å². The predicted octanol–water partition coefficient (Wildman–Crippen LogP) is 6.92. The molecule has 5 nitrogen and oxygen atoms in total. The summed E-state index contributed by atoms with van der Waals surface area (Å²) in [6, 6.07) is 11.5. The number of nitrogens with one attached hydrogen (secondary N) is 1. The average Bonchev–Trinajstić information content (AvgIpc) is 2.85. The summed E-state index contributed by atoms with van der Waals surface area (Å²) < 4.78 is 5.32. The minimum atomic E-state index is -0.0395. The number of carbonyl (C=O) groups excluding carboxylic acids is 1. The molecule has 2 saturated heterocycles. The van der Waals surface area contributed by atoms with E-state index in [1.54, 1.807) is 13.2 Å². The number of methoxy groups -OCH3 is 1. The Hall–Kier alpha value is -1.66. The fourth-order valence-corrected chi connectivity index (χ4v) is 6.01. The molecule has 0 radical (unpaired) electrons. The van der Waals surface area contributed by atoms with Crippen LogP contribution in [0.2, 0.25) is 15.1 Å². The first-order valence-corrected chi connectivity index (χ1v) is 13.5. The Labute approximate surface area is 223 Å². The molecule has 0 aromatic heterocycles. The first kappa shape index (κ1) is 26.4. The zero-order valence-electron chi connectivity index (χ0n) is 20.4. The van der Waals surface area contributed by atoms with Gasteiger partial charge in [-0.1, -0.05) is 40.9 Å². The highest BCUT2D eigenvalue weighted by molar-refractivity contribution is 6.35. The first-order chi connectivity index (χ1) is 16.9. The highest BCUT2D eigenvalue weighted by atomic mass is 35.5. The molecule has 2 aliphatic rings. The van der Waals surface area contributed by atoms with Crippen LogP contribution in [0.3, 0.4) is 0 Å². The van der Waals surface area contributed by atoms with Crippen LogP contribution in [0, 0.1) is 11.8 Å². The standard InChI is InChI=1S/C27H34Cl3N3O2/c1-18(23-7-5-21(28)14-25(23)30)31-26-15-22(6-8-24(26)29)32-12-9-20(10-13-32)27(34)33-11-3-4-19(16-33)17-35-2/h5-8,14-15,18-20,31H,3-4,9-13,16-17H2,1-2H3/t18-,19?/m1/s1. The lowest BCUT2D eigenvalue weighted by molar-refractivity contribution is -0.138. The molecule has 1 unspecified atom stereocenters. The Kier molecular flexibility index (Phi) is 9.09. The summed E-state index contributed by atoms with van der Waals surface area (Å²) in [6.07, 6.45) is 3.95. The Morgan fingerprint density at radius 3 is 2.54 bits per heavy atom. The molecule has 4 rings (SSSR count).